The number of hydrogen-bond donors (Lipinski definition) is 0. The van der Waals surface area contributed by atoms with Crippen LogP contribution in [-0.4, -0.2) is 22.8 Å². The molecule has 2 aromatic rings. The highest BCUT2D eigenvalue weighted by Crippen LogP contribution is 2.29. The minimum atomic E-state index is -1.42. The Morgan fingerprint density at radius 2 is 2.00 bits per heavy atom. The Hall–Kier alpha value is -1.89. The molecule has 0 aliphatic carbocycles. The fourth-order valence-corrected chi connectivity index (χ4v) is 1.77. The van der Waals surface area contributed by atoms with Crippen molar-refractivity contribution in [3.63, 3.8) is 0 Å². The van der Waals surface area contributed by atoms with Crippen LogP contribution in [0.1, 0.15) is 17.4 Å². The number of hydrogen-bond acceptors (Lipinski definition) is 4. The summed E-state index contributed by atoms with van der Waals surface area (Å²) in [4.78, 5) is 11.5. The van der Waals surface area contributed by atoms with E-state index >= 15 is 0 Å². The van der Waals surface area contributed by atoms with Crippen LogP contribution < -0.4 is 0 Å². The predicted molar refractivity (Wildman–Crippen MR) is 60.4 cm³/mol. The number of halogens is 4. The zero-order valence-electron chi connectivity index (χ0n) is 9.51. The molecule has 1 aromatic heterocycles. The summed E-state index contributed by atoms with van der Waals surface area (Å²) in [6.45, 7) is 1.60. The van der Waals surface area contributed by atoms with Crippen LogP contribution in [-0.2, 0) is 4.74 Å². The molecule has 0 bridgehead atoms. The van der Waals surface area contributed by atoms with Crippen molar-refractivity contribution in [2.24, 2.45) is 0 Å². The van der Waals surface area contributed by atoms with Crippen LogP contribution in [0.2, 0.25) is 5.02 Å². The maximum absolute atomic E-state index is 13.6. The zero-order valence-corrected chi connectivity index (χ0v) is 10.3. The number of benzene rings is 1. The van der Waals surface area contributed by atoms with Gasteiger partial charge in [-0.1, -0.05) is 11.6 Å². The maximum atomic E-state index is 13.6. The van der Waals surface area contributed by atoms with Crippen molar-refractivity contribution in [2.75, 3.05) is 6.61 Å². The summed E-state index contributed by atoms with van der Waals surface area (Å²) in [6, 6.07) is 0.320. The second-order valence-electron chi connectivity index (χ2n) is 3.46. The molecule has 0 saturated heterocycles. The summed E-state index contributed by atoms with van der Waals surface area (Å²) in [5, 5.41) is 5.63. The molecule has 4 nitrogen and oxygen atoms in total. The molecule has 0 unspecified atom stereocenters. The molecule has 0 fully saturated rings. The first-order valence-electron chi connectivity index (χ1n) is 5.13. The first-order chi connectivity index (χ1) is 8.97. The molecule has 1 heterocycles. The van der Waals surface area contributed by atoms with Crippen LogP contribution >= 0.6 is 11.6 Å². The SMILES string of the molecule is CCOC(=O)c1nnc2c(F)c(F)cc(F)c2c1Cl. The van der Waals surface area contributed by atoms with Crippen molar-refractivity contribution in [3.05, 3.63) is 34.2 Å². The third kappa shape index (κ3) is 2.21. The second-order valence-corrected chi connectivity index (χ2v) is 3.84. The van der Waals surface area contributed by atoms with Crippen LogP contribution in [0.25, 0.3) is 10.9 Å². The Labute approximate surface area is 110 Å². The fraction of sp³-hybridized carbons (Fsp3) is 0.182. The van der Waals surface area contributed by atoms with Gasteiger partial charge in [0.25, 0.3) is 0 Å². The number of fused-ring (bicyclic) bond motifs is 1. The van der Waals surface area contributed by atoms with Crippen LogP contribution in [0.3, 0.4) is 0 Å². The van der Waals surface area contributed by atoms with Gasteiger partial charge in [-0.25, -0.2) is 18.0 Å². The number of esters is 1. The van der Waals surface area contributed by atoms with Gasteiger partial charge in [0.15, 0.2) is 17.3 Å². The average Bonchev–Trinajstić information content (AvgIpc) is 2.35. The predicted octanol–water partition coefficient (Wildman–Crippen LogP) is 2.88. The molecule has 8 heteroatoms. The summed E-state index contributed by atoms with van der Waals surface area (Å²) in [5.41, 5.74) is -1.14. The first-order valence-corrected chi connectivity index (χ1v) is 5.51. The fourth-order valence-electron chi connectivity index (χ4n) is 1.48. The Balaban J connectivity index is 2.75. The molecular formula is C11H6ClF3N2O2. The summed E-state index contributed by atoms with van der Waals surface area (Å²) >= 11 is 5.77. The van der Waals surface area contributed by atoms with E-state index in [0.29, 0.717) is 6.07 Å². The zero-order chi connectivity index (χ0) is 14.2. The van der Waals surface area contributed by atoms with E-state index in [1.165, 1.54) is 0 Å². The molecule has 1 aromatic carbocycles. The lowest BCUT2D eigenvalue weighted by Crippen LogP contribution is -2.10. The first kappa shape index (κ1) is 13.5. The molecular weight excluding hydrogens is 285 g/mol. The Kier molecular flexibility index (Phi) is 3.57. The molecule has 100 valence electrons. The van der Waals surface area contributed by atoms with E-state index < -0.39 is 45.0 Å². The van der Waals surface area contributed by atoms with Gasteiger partial charge >= 0.3 is 5.97 Å². The lowest BCUT2D eigenvalue weighted by Gasteiger charge is -2.07. The number of nitrogens with zero attached hydrogens (tertiary/aromatic N) is 2. The number of aromatic nitrogens is 2. The minimum Gasteiger partial charge on any atom is -0.461 e. The van der Waals surface area contributed by atoms with Gasteiger partial charge in [0.2, 0.25) is 0 Å². The molecule has 0 saturated carbocycles. The van der Waals surface area contributed by atoms with E-state index in [9.17, 15) is 18.0 Å². The Bertz CT molecular complexity index is 679. The second kappa shape index (κ2) is 5.00. The molecule has 0 aliphatic heterocycles. The number of carbonyl (C=O) groups excluding carboxylic acids is 1. The van der Waals surface area contributed by atoms with Gasteiger partial charge < -0.3 is 4.74 Å². The largest absolute Gasteiger partial charge is 0.461 e. The van der Waals surface area contributed by atoms with Crippen LogP contribution in [0.4, 0.5) is 13.2 Å². The molecule has 0 N–H and O–H groups in total. The third-order valence-electron chi connectivity index (χ3n) is 2.29. The molecule has 0 amide bonds. The highest BCUT2D eigenvalue weighted by atomic mass is 35.5. The van der Waals surface area contributed by atoms with Gasteiger partial charge in [-0.15, -0.1) is 10.2 Å². The van der Waals surface area contributed by atoms with E-state index in [1.807, 2.05) is 0 Å². The van der Waals surface area contributed by atoms with Gasteiger partial charge in [-0.05, 0) is 6.92 Å². The lowest BCUT2D eigenvalue weighted by molar-refractivity contribution is 0.0518. The Morgan fingerprint density at radius 1 is 1.32 bits per heavy atom. The Morgan fingerprint density at radius 3 is 2.63 bits per heavy atom. The van der Waals surface area contributed by atoms with Crippen molar-refractivity contribution < 1.29 is 22.7 Å². The summed E-state index contributed by atoms with van der Waals surface area (Å²) in [7, 11) is 0. The van der Waals surface area contributed by atoms with E-state index in [2.05, 4.69) is 14.9 Å². The van der Waals surface area contributed by atoms with Crippen molar-refractivity contribution in [1.82, 2.24) is 10.2 Å². The van der Waals surface area contributed by atoms with E-state index in [4.69, 9.17) is 11.6 Å². The van der Waals surface area contributed by atoms with Gasteiger partial charge in [-0.3, -0.25) is 0 Å². The molecule has 0 radical (unpaired) electrons. The standard InChI is InChI=1S/C11H6ClF3N2O2/c1-2-19-11(18)10-7(12)6-4(13)3-5(14)8(15)9(6)16-17-10/h3H,2H2,1H3. The molecule has 2 rings (SSSR count). The number of carbonyl (C=O) groups is 1. The minimum absolute atomic E-state index is 0.0507. The van der Waals surface area contributed by atoms with E-state index in [-0.39, 0.29) is 6.61 Å². The quantitative estimate of drug-likeness (QED) is 0.630. The molecule has 0 spiro atoms. The maximum Gasteiger partial charge on any atom is 0.360 e. The topological polar surface area (TPSA) is 52.1 Å². The summed E-state index contributed by atoms with van der Waals surface area (Å²) in [6.07, 6.45) is 0. The molecule has 0 aliphatic rings. The highest BCUT2D eigenvalue weighted by molar-refractivity contribution is 6.37. The smallest absolute Gasteiger partial charge is 0.360 e. The third-order valence-corrected chi connectivity index (χ3v) is 2.66. The molecule has 19 heavy (non-hydrogen) atoms. The van der Waals surface area contributed by atoms with Crippen LogP contribution in [0.15, 0.2) is 6.07 Å². The summed E-state index contributed by atoms with van der Waals surface area (Å²) in [5.74, 6) is -4.87. The average molecular weight is 291 g/mol. The number of rotatable bonds is 2. The van der Waals surface area contributed by atoms with Crippen molar-refractivity contribution in [2.45, 2.75) is 6.92 Å². The lowest BCUT2D eigenvalue weighted by atomic mass is 10.2. The van der Waals surface area contributed by atoms with E-state index in [0.717, 1.165) is 0 Å². The van der Waals surface area contributed by atoms with Crippen LogP contribution in [0, 0.1) is 17.5 Å². The van der Waals surface area contributed by atoms with Gasteiger partial charge in [-0.2, -0.15) is 0 Å². The van der Waals surface area contributed by atoms with Gasteiger partial charge in [0, 0.05) is 6.07 Å². The van der Waals surface area contributed by atoms with Crippen molar-refractivity contribution >= 4 is 28.5 Å². The molecule has 0 atom stereocenters. The van der Waals surface area contributed by atoms with Crippen LogP contribution in [0.5, 0.6) is 0 Å². The van der Waals surface area contributed by atoms with Gasteiger partial charge in [0.05, 0.1) is 17.0 Å². The van der Waals surface area contributed by atoms with E-state index in [1.54, 1.807) is 6.92 Å². The summed E-state index contributed by atoms with van der Waals surface area (Å²) < 4.78 is 44.7. The van der Waals surface area contributed by atoms with Crippen molar-refractivity contribution in [3.8, 4) is 0 Å². The number of ether oxygens (including phenoxy) is 1. The van der Waals surface area contributed by atoms with Crippen molar-refractivity contribution in [1.29, 1.82) is 0 Å². The van der Waals surface area contributed by atoms with Gasteiger partial charge in [0.1, 0.15) is 11.3 Å². The highest BCUT2D eigenvalue weighted by Gasteiger charge is 2.23. The normalized spacial score (nSPS) is 10.8. The monoisotopic (exact) mass is 290 g/mol.